The first-order valence-electron chi connectivity index (χ1n) is 5.96. The first-order valence-corrected chi connectivity index (χ1v) is 5.96. The van der Waals surface area contributed by atoms with Crippen LogP contribution in [0.3, 0.4) is 0 Å². The molecule has 0 aliphatic heterocycles. The Labute approximate surface area is 111 Å². The van der Waals surface area contributed by atoms with Gasteiger partial charge in [-0.05, 0) is 26.8 Å². The molecule has 1 heterocycles. The van der Waals surface area contributed by atoms with Crippen molar-refractivity contribution in [3.05, 3.63) is 23.8 Å². The summed E-state index contributed by atoms with van der Waals surface area (Å²) in [5.74, 6) is -0.959. The third-order valence-electron chi connectivity index (χ3n) is 2.76. The molecule has 0 bridgehead atoms. The highest BCUT2D eigenvalue weighted by Crippen LogP contribution is 2.02. The van der Waals surface area contributed by atoms with Crippen molar-refractivity contribution >= 4 is 12.0 Å². The number of carboxylic acid groups (broad SMARTS) is 1. The summed E-state index contributed by atoms with van der Waals surface area (Å²) in [6.07, 6.45) is 1.62. The Hall–Kier alpha value is -2.18. The maximum atomic E-state index is 11.6. The molecule has 2 unspecified atom stereocenters. The normalized spacial score (nSPS) is 13.4. The molecule has 1 aromatic heterocycles. The van der Waals surface area contributed by atoms with Gasteiger partial charge in [-0.15, -0.1) is 0 Å². The van der Waals surface area contributed by atoms with Gasteiger partial charge in [0.05, 0.1) is 18.2 Å². The number of amides is 2. The summed E-state index contributed by atoms with van der Waals surface area (Å²) in [4.78, 5) is 30.4. The van der Waals surface area contributed by atoms with Crippen LogP contribution in [0.25, 0.3) is 0 Å². The monoisotopic (exact) mass is 266 g/mol. The lowest BCUT2D eigenvalue weighted by Crippen LogP contribution is -2.45. The van der Waals surface area contributed by atoms with Crippen molar-refractivity contribution in [2.45, 2.75) is 33.4 Å². The van der Waals surface area contributed by atoms with Gasteiger partial charge in [0.25, 0.3) is 0 Å². The van der Waals surface area contributed by atoms with Gasteiger partial charge < -0.3 is 15.7 Å². The standard InChI is InChI=1S/C12H18N4O3/c1-7(11(17)18)8(2)15-12(19)14-6-10-4-5-13-9(3)16-10/h4-5,7-8H,6H2,1-3H3,(H,17,18)(H2,14,15,19). The van der Waals surface area contributed by atoms with Crippen molar-refractivity contribution in [2.24, 2.45) is 5.92 Å². The maximum Gasteiger partial charge on any atom is 0.315 e. The Morgan fingerprint density at radius 1 is 1.42 bits per heavy atom. The van der Waals surface area contributed by atoms with Gasteiger partial charge in [-0.25, -0.2) is 14.8 Å². The van der Waals surface area contributed by atoms with Crippen LogP contribution in [-0.4, -0.2) is 33.1 Å². The fraction of sp³-hybridized carbons (Fsp3) is 0.500. The molecule has 104 valence electrons. The molecule has 0 saturated heterocycles. The Morgan fingerprint density at radius 2 is 2.11 bits per heavy atom. The predicted octanol–water partition coefficient (Wildman–Crippen LogP) is 0.693. The summed E-state index contributed by atoms with van der Waals surface area (Å²) in [6, 6.07) is 0.831. The van der Waals surface area contributed by atoms with E-state index in [9.17, 15) is 9.59 Å². The topological polar surface area (TPSA) is 104 Å². The van der Waals surface area contributed by atoms with Gasteiger partial charge >= 0.3 is 12.0 Å². The first-order chi connectivity index (χ1) is 8.90. The molecule has 3 N–H and O–H groups in total. The molecule has 0 radical (unpaired) electrons. The van der Waals surface area contributed by atoms with E-state index in [0.717, 1.165) is 0 Å². The van der Waals surface area contributed by atoms with Crippen LogP contribution in [0.5, 0.6) is 0 Å². The van der Waals surface area contributed by atoms with E-state index in [4.69, 9.17) is 5.11 Å². The summed E-state index contributed by atoms with van der Waals surface area (Å²) in [5.41, 5.74) is 0.696. The number of nitrogens with zero attached hydrogens (tertiary/aromatic N) is 2. The molecule has 2 atom stereocenters. The Morgan fingerprint density at radius 3 is 2.68 bits per heavy atom. The molecular formula is C12H18N4O3. The van der Waals surface area contributed by atoms with Gasteiger partial charge in [0.15, 0.2) is 0 Å². The number of aliphatic carboxylic acids is 1. The molecule has 0 aliphatic rings. The molecule has 1 rings (SSSR count). The fourth-order valence-electron chi connectivity index (χ4n) is 1.37. The lowest BCUT2D eigenvalue weighted by Gasteiger charge is -2.18. The molecule has 7 heteroatoms. The van der Waals surface area contributed by atoms with Crippen LogP contribution < -0.4 is 10.6 Å². The second kappa shape index (κ2) is 6.67. The maximum absolute atomic E-state index is 11.6. The number of aromatic nitrogens is 2. The molecule has 0 saturated carbocycles. The smallest absolute Gasteiger partial charge is 0.315 e. The third kappa shape index (κ3) is 4.90. The van der Waals surface area contributed by atoms with Crippen LogP contribution in [0.4, 0.5) is 4.79 Å². The van der Waals surface area contributed by atoms with E-state index < -0.39 is 24.0 Å². The number of carbonyl (C=O) groups excluding carboxylic acids is 1. The number of carbonyl (C=O) groups is 2. The zero-order chi connectivity index (χ0) is 14.4. The van der Waals surface area contributed by atoms with E-state index in [2.05, 4.69) is 20.6 Å². The number of rotatable bonds is 5. The molecule has 1 aromatic rings. The van der Waals surface area contributed by atoms with E-state index >= 15 is 0 Å². The predicted molar refractivity (Wildman–Crippen MR) is 68.4 cm³/mol. The largest absolute Gasteiger partial charge is 0.481 e. The average Bonchev–Trinajstić information content (AvgIpc) is 2.35. The Balaban J connectivity index is 2.42. The zero-order valence-electron chi connectivity index (χ0n) is 11.2. The van der Waals surface area contributed by atoms with Gasteiger partial charge in [-0.2, -0.15) is 0 Å². The molecule has 0 aromatic carbocycles. The van der Waals surface area contributed by atoms with Crippen molar-refractivity contribution < 1.29 is 14.7 Å². The van der Waals surface area contributed by atoms with Crippen LogP contribution in [0.1, 0.15) is 25.4 Å². The Bertz CT molecular complexity index is 464. The zero-order valence-corrected chi connectivity index (χ0v) is 11.2. The van der Waals surface area contributed by atoms with Gasteiger partial charge in [0.1, 0.15) is 5.82 Å². The van der Waals surface area contributed by atoms with Crippen LogP contribution in [0.15, 0.2) is 12.3 Å². The van der Waals surface area contributed by atoms with Gasteiger partial charge in [0.2, 0.25) is 0 Å². The number of aryl methyl sites for hydroxylation is 1. The highest BCUT2D eigenvalue weighted by molar-refractivity contribution is 5.76. The molecule has 19 heavy (non-hydrogen) atoms. The first kappa shape index (κ1) is 14.9. The summed E-state index contributed by atoms with van der Waals surface area (Å²) in [5, 5.41) is 14.0. The lowest BCUT2D eigenvalue weighted by atomic mass is 10.0. The molecule has 0 spiro atoms. The van der Waals surface area contributed by atoms with Crippen molar-refractivity contribution in [1.82, 2.24) is 20.6 Å². The highest BCUT2D eigenvalue weighted by Gasteiger charge is 2.20. The van der Waals surface area contributed by atoms with Crippen molar-refractivity contribution in [3.63, 3.8) is 0 Å². The summed E-state index contributed by atoms with van der Waals surface area (Å²) in [7, 11) is 0. The molecule has 0 aliphatic carbocycles. The van der Waals surface area contributed by atoms with E-state index in [1.54, 1.807) is 33.0 Å². The van der Waals surface area contributed by atoms with Crippen LogP contribution >= 0.6 is 0 Å². The van der Waals surface area contributed by atoms with E-state index in [-0.39, 0.29) is 6.54 Å². The summed E-state index contributed by atoms with van der Waals surface area (Å²) >= 11 is 0. The van der Waals surface area contributed by atoms with Gasteiger partial charge in [-0.3, -0.25) is 4.79 Å². The molecule has 7 nitrogen and oxygen atoms in total. The van der Waals surface area contributed by atoms with Gasteiger partial charge in [0, 0.05) is 12.2 Å². The second-order valence-corrected chi connectivity index (χ2v) is 4.34. The van der Waals surface area contributed by atoms with Crippen molar-refractivity contribution in [2.75, 3.05) is 0 Å². The number of nitrogens with one attached hydrogen (secondary N) is 2. The van der Waals surface area contributed by atoms with E-state index in [1.165, 1.54) is 0 Å². The quantitative estimate of drug-likeness (QED) is 0.727. The number of carboxylic acids is 1. The van der Waals surface area contributed by atoms with E-state index in [0.29, 0.717) is 11.5 Å². The highest BCUT2D eigenvalue weighted by atomic mass is 16.4. The van der Waals surface area contributed by atoms with Crippen LogP contribution in [0, 0.1) is 12.8 Å². The van der Waals surface area contributed by atoms with E-state index in [1.807, 2.05) is 0 Å². The lowest BCUT2D eigenvalue weighted by molar-refractivity contribution is -0.141. The van der Waals surface area contributed by atoms with Crippen LogP contribution in [0.2, 0.25) is 0 Å². The third-order valence-corrected chi connectivity index (χ3v) is 2.76. The van der Waals surface area contributed by atoms with Crippen LogP contribution in [-0.2, 0) is 11.3 Å². The second-order valence-electron chi connectivity index (χ2n) is 4.34. The SMILES string of the molecule is Cc1nccc(CNC(=O)NC(C)C(C)C(=O)O)n1. The average molecular weight is 266 g/mol. The summed E-state index contributed by atoms with van der Waals surface area (Å²) < 4.78 is 0. The molecule has 0 fully saturated rings. The molecule has 2 amide bonds. The number of urea groups is 1. The minimum Gasteiger partial charge on any atom is -0.481 e. The van der Waals surface area contributed by atoms with Gasteiger partial charge in [-0.1, -0.05) is 0 Å². The summed E-state index contributed by atoms with van der Waals surface area (Å²) in [6.45, 7) is 5.22. The number of hydrogen-bond acceptors (Lipinski definition) is 4. The number of hydrogen-bond donors (Lipinski definition) is 3. The minimum absolute atomic E-state index is 0.267. The van der Waals surface area contributed by atoms with Crippen molar-refractivity contribution in [3.8, 4) is 0 Å². The minimum atomic E-state index is -0.945. The van der Waals surface area contributed by atoms with Crippen molar-refractivity contribution in [1.29, 1.82) is 0 Å². The molecular weight excluding hydrogens is 248 g/mol. The fourth-order valence-corrected chi connectivity index (χ4v) is 1.37. The Kier molecular flexibility index (Phi) is 5.23.